The van der Waals surface area contributed by atoms with Crippen LogP contribution in [0.25, 0.3) is 32.9 Å². The number of phenolic OH excluding ortho intramolecular Hbond substituents is 3. The number of fused-ring (bicyclic) bond motifs is 2. The number of nitrogens with zero attached hydrogens (tertiary/aromatic N) is 8. The van der Waals surface area contributed by atoms with Gasteiger partial charge in [0.05, 0.1) is 17.6 Å². The zero-order valence-corrected chi connectivity index (χ0v) is 47.7. The van der Waals surface area contributed by atoms with Gasteiger partial charge in [-0.05, 0) is 118 Å². The van der Waals surface area contributed by atoms with Crippen molar-refractivity contribution in [2.24, 2.45) is 11.3 Å². The standard InChI is InChI=1S/C62H70F4N12O6/c1-7-40-9-8-10-42-25-44(79)26-47(51(40)42)53-52(63)54-48(29-69-53)57(77-30-36(4)70-37(5)31-77)73-60(72-54)84-34-61(17-18-61)33-75-19-15-41(16-20-75)59(83)76-23-21-74(22-24-76)32-39-11-13-43(14-12-39)78(56(68)58(82)71-38(6)62(64,65)66)55(67)46-27-45(35(2)3)49(80)28-50(46)81/h1,8-14,25-29,35-38,41,67-68,70,79-81H,15-24,30-34H2,2-6H3,(H,71,82). The molecule has 0 bridgehead atoms. The van der Waals surface area contributed by atoms with Gasteiger partial charge in [0.25, 0.3) is 5.91 Å². The van der Waals surface area contributed by atoms with E-state index < -0.39 is 41.4 Å². The third-order valence-electron chi connectivity index (χ3n) is 16.6. The molecule has 4 fully saturated rings. The molecular weight excluding hydrogens is 1080 g/mol. The Labute approximate surface area is 484 Å². The van der Waals surface area contributed by atoms with Crippen LogP contribution in [0.5, 0.6) is 23.3 Å². The first-order chi connectivity index (χ1) is 40.0. The van der Waals surface area contributed by atoms with Crippen LogP contribution in [0.3, 0.4) is 0 Å². The molecule has 0 spiro atoms. The Morgan fingerprint density at radius 1 is 0.917 bits per heavy atom. The highest BCUT2D eigenvalue weighted by atomic mass is 19.4. The number of aromatic hydroxyl groups is 3. The molecule has 4 aromatic carbocycles. The molecule has 10 rings (SSSR count). The summed E-state index contributed by atoms with van der Waals surface area (Å²) in [7, 11) is 0. The highest BCUT2D eigenvalue weighted by Gasteiger charge is 2.46. The summed E-state index contributed by atoms with van der Waals surface area (Å²) in [6, 6.07) is 15.4. The maximum absolute atomic E-state index is 17.2. The van der Waals surface area contributed by atoms with E-state index in [-0.39, 0.29) is 75.2 Å². The van der Waals surface area contributed by atoms with Crippen LogP contribution in [0, 0.1) is 40.3 Å². The molecule has 7 N–H and O–H groups in total. The van der Waals surface area contributed by atoms with E-state index in [0.29, 0.717) is 104 Å². The van der Waals surface area contributed by atoms with Gasteiger partial charge in [-0.1, -0.05) is 44.0 Å². The summed E-state index contributed by atoms with van der Waals surface area (Å²) < 4.78 is 64.0. The Balaban J connectivity index is 0.755. The number of benzene rings is 4. The monoisotopic (exact) mass is 1150 g/mol. The molecule has 2 amide bonds. The third kappa shape index (κ3) is 12.5. The van der Waals surface area contributed by atoms with Gasteiger partial charge in [0, 0.05) is 110 Å². The van der Waals surface area contributed by atoms with Crippen molar-refractivity contribution < 1.29 is 47.2 Å². The van der Waals surface area contributed by atoms with E-state index in [0.717, 1.165) is 55.9 Å². The average Bonchev–Trinajstić information content (AvgIpc) is 4.28. The van der Waals surface area contributed by atoms with Crippen molar-refractivity contribution in [3.63, 3.8) is 0 Å². The minimum absolute atomic E-state index is 0.00449. The van der Waals surface area contributed by atoms with Gasteiger partial charge in [0.1, 0.15) is 46.2 Å². The fraction of sp³-hybridized carbons (Fsp3) is 0.435. The van der Waals surface area contributed by atoms with Gasteiger partial charge in [0.2, 0.25) is 5.91 Å². The van der Waals surface area contributed by atoms with E-state index in [1.54, 1.807) is 73.9 Å². The number of aromatic nitrogens is 3. The number of likely N-dealkylation sites (tertiary alicyclic amines) is 1. The second-order valence-corrected chi connectivity index (χ2v) is 23.4. The van der Waals surface area contributed by atoms with Crippen LogP contribution < -0.4 is 25.2 Å². The number of carbonyl (C=O) groups is 2. The smallest absolute Gasteiger partial charge is 0.408 e. The van der Waals surface area contributed by atoms with Crippen molar-refractivity contribution in [2.75, 3.05) is 75.3 Å². The van der Waals surface area contributed by atoms with E-state index in [2.05, 4.69) is 44.8 Å². The number of piperazine rings is 2. The number of anilines is 2. The predicted octanol–water partition coefficient (Wildman–Crippen LogP) is 8.48. The molecule has 4 aliphatic rings. The summed E-state index contributed by atoms with van der Waals surface area (Å²) in [5.41, 5.74) is 1.94. The number of terminal acetylenes is 1. The summed E-state index contributed by atoms with van der Waals surface area (Å²) >= 11 is 0. The Morgan fingerprint density at radius 3 is 2.25 bits per heavy atom. The first-order valence-electron chi connectivity index (χ1n) is 28.5. The van der Waals surface area contributed by atoms with Crippen LogP contribution in [0.2, 0.25) is 0 Å². The molecule has 2 aromatic heterocycles. The number of rotatable bonds is 14. The van der Waals surface area contributed by atoms with Crippen molar-refractivity contribution in [1.29, 1.82) is 10.8 Å². The number of alkyl halides is 3. The molecule has 3 unspecified atom stereocenters. The van der Waals surface area contributed by atoms with Crippen molar-refractivity contribution in [2.45, 2.75) is 97.1 Å². The van der Waals surface area contributed by atoms with Crippen molar-refractivity contribution in [1.82, 2.24) is 40.3 Å². The van der Waals surface area contributed by atoms with Crippen LogP contribution in [0.1, 0.15) is 88.5 Å². The normalized spacial score (nSPS) is 19.1. The number of pyridine rings is 1. The van der Waals surface area contributed by atoms with Crippen LogP contribution in [-0.2, 0) is 16.1 Å². The lowest BCUT2D eigenvalue weighted by atomic mass is 9.94. The fourth-order valence-electron chi connectivity index (χ4n) is 11.9. The quantitative estimate of drug-likeness (QED) is 0.0235. The minimum Gasteiger partial charge on any atom is -0.508 e. The summed E-state index contributed by atoms with van der Waals surface area (Å²) in [4.78, 5) is 50.9. The number of hydrogen-bond donors (Lipinski definition) is 7. The van der Waals surface area contributed by atoms with E-state index in [4.69, 9.17) is 31.9 Å². The van der Waals surface area contributed by atoms with E-state index in [1.165, 1.54) is 12.1 Å². The van der Waals surface area contributed by atoms with Gasteiger partial charge in [-0.2, -0.15) is 23.1 Å². The molecule has 3 atom stereocenters. The Bertz CT molecular complexity index is 3550. The van der Waals surface area contributed by atoms with E-state index in [1.807, 2.05) is 4.90 Å². The van der Waals surface area contributed by atoms with Crippen molar-refractivity contribution in [3.8, 4) is 46.9 Å². The lowest BCUT2D eigenvalue weighted by molar-refractivity contribution is -0.156. The van der Waals surface area contributed by atoms with E-state index >= 15 is 4.39 Å². The average molecular weight is 1160 g/mol. The second-order valence-electron chi connectivity index (χ2n) is 23.4. The lowest BCUT2D eigenvalue weighted by Gasteiger charge is -2.39. The van der Waals surface area contributed by atoms with Crippen molar-refractivity contribution >= 4 is 56.7 Å². The Morgan fingerprint density at radius 2 is 1.61 bits per heavy atom. The van der Waals surface area contributed by atoms with Crippen LogP contribution in [0.15, 0.2) is 72.9 Å². The molecule has 6 aromatic rings. The van der Waals surface area contributed by atoms with Gasteiger partial charge in [-0.25, -0.2) is 4.39 Å². The SMILES string of the molecule is C#Cc1cccc2cc(O)cc(-c3ncc4c(N5CC(C)NC(C)C5)nc(OCC5(CN6CCC(C(=O)N7CCN(Cc8ccc(N(C(=N)C(=O)NC(C)C(F)(F)F)C(=N)c9cc(C(C)C)c(O)cc9O)cc8)CC7)CC6)CC5)nc4c3F)c12. The molecule has 18 nitrogen and oxygen atoms in total. The number of nitrogens with one attached hydrogen (secondary N) is 4. The summed E-state index contributed by atoms with van der Waals surface area (Å²) in [6.45, 7) is 15.1. The Kier molecular flexibility index (Phi) is 16.8. The number of halogens is 4. The number of phenols is 3. The zero-order valence-electron chi connectivity index (χ0n) is 47.7. The van der Waals surface area contributed by atoms with Crippen LogP contribution in [0.4, 0.5) is 29.1 Å². The van der Waals surface area contributed by atoms with Crippen LogP contribution in [-0.4, -0.2) is 158 Å². The van der Waals surface area contributed by atoms with Crippen LogP contribution >= 0.6 is 0 Å². The van der Waals surface area contributed by atoms with Gasteiger partial charge < -0.3 is 45.4 Å². The molecule has 0 radical (unpaired) electrons. The maximum Gasteiger partial charge on any atom is 0.408 e. The number of hydrogen-bond acceptors (Lipinski definition) is 15. The molecule has 84 heavy (non-hydrogen) atoms. The molecule has 1 saturated carbocycles. The summed E-state index contributed by atoms with van der Waals surface area (Å²) in [5.74, 6) is -1.44. The first-order valence-corrected chi connectivity index (χ1v) is 28.5. The van der Waals surface area contributed by atoms with Gasteiger partial charge in [-0.15, -0.1) is 6.42 Å². The minimum atomic E-state index is -4.79. The largest absolute Gasteiger partial charge is 0.508 e. The summed E-state index contributed by atoms with van der Waals surface area (Å²) in [6.07, 6.45) is 6.00. The number of ether oxygens (including phenoxy) is 1. The number of amides is 2. The van der Waals surface area contributed by atoms with Crippen molar-refractivity contribution in [3.05, 3.63) is 101 Å². The third-order valence-corrected chi connectivity index (χ3v) is 16.6. The van der Waals surface area contributed by atoms with Gasteiger partial charge in [-0.3, -0.25) is 35.2 Å². The first kappa shape index (κ1) is 59.0. The zero-order chi connectivity index (χ0) is 59.9. The number of amidine groups is 2. The molecule has 3 saturated heterocycles. The lowest BCUT2D eigenvalue weighted by Crippen LogP contribution is -2.54. The molecule has 22 heteroatoms. The highest BCUT2D eigenvalue weighted by molar-refractivity contribution is 6.48. The van der Waals surface area contributed by atoms with E-state index in [9.17, 15) is 38.1 Å². The molecule has 3 aliphatic heterocycles. The summed E-state index contributed by atoms with van der Waals surface area (Å²) in [5, 5.41) is 56.8. The predicted molar refractivity (Wildman–Crippen MR) is 313 cm³/mol. The maximum atomic E-state index is 17.2. The Hall–Kier alpha value is -8.13. The fourth-order valence-corrected chi connectivity index (χ4v) is 11.9. The second kappa shape index (κ2) is 23.9. The number of piperidine rings is 1. The highest BCUT2D eigenvalue weighted by Crippen LogP contribution is 2.47. The molecule has 442 valence electrons. The molecule has 1 aliphatic carbocycles. The topological polar surface area (TPSA) is 231 Å². The van der Waals surface area contributed by atoms with Gasteiger partial charge in [0.15, 0.2) is 11.7 Å². The van der Waals surface area contributed by atoms with Gasteiger partial charge >= 0.3 is 12.2 Å². The molecule has 5 heterocycles. The number of carbonyl (C=O) groups excluding carboxylic acids is 2. The molecular formula is C62H70F4N12O6.